The molecule has 15 heavy (non-hydrogen) atoms. The first kappa shape index (κ1) is 9.44. The third kappa shape index (κ3) is 1.34. The fraction of sp³-hybridized carbons (Fsp3) is 0.769. The monoisotopic (exact) mass is 206 g/mol. The van der Waals surface area contributed by atoms with Crippen LogP contribution < -0.4 is 0 Å². The van der Waals surface area contributed by atoms with Crippen LogP contribution in [0.15, 0.2) is 12.7 Å². The van der Waals surface area contributed by atoms with Crippen LogP contribution in [-0.4, -0.2) is 12.1 Å². The van der Waals surface area contributed by atoms with Crippen molar-refractivity contribution < 1.29 is 9.53 Å². The summed E-state index contributed by atoms with van der Waals surface area (Å²) in [6, 6.07) is 0. The SMILES string of the molecule is C=CC(=O)O[C@@H]1C[C@H]2C[C@H]1[C@H]1CCC[C@@H]21. The van der Waals surface area contributed by atoms with Crippen LogP contribution in [-0.2, 0) is 9.53 Å². The Kier molecular flexibility index (Phi) is 2.11. The Bertz CT molecular complexity index is 297. The molecule has 0 N–H and O–H groups in total. The van der Waals surface area contributed by atoms with Gasteiger partial charge in [0.25, 0.3) is 0 Å². The van der Waals surface area contributed by atoms with Crippen molar-refractivity contribution in [2.24, 2.45) is 23.7 Å². The average molecular weight is 206 g/mol. The Labute approximate surface area is 90.7 Å². The summed E-state index contributed by atoms with van der Waals surface area (Å²) >= 11 is 0. The molecule has 0 unspecified atom stereocenters. The van der Waals surface area contributed by atoms with E-state index in [0.717, 1.165) is 24.2 Å². The summed E-state index contributed by atoms with van der Waals surface area (Å²) < 4.78 is 5.45. The van der Waals surface area contributed by atoms with Crippen LogP contribution in [0.3, 0.4) is 0 Å². The van der Waals surface area contributed by atoms with Gasteiger partial charge < -0.3 is 4.74 Å². The molecular weight excluding hydrogens is 188 g/mol. The summed E-state index contributed by atoms with van der Waals surface area (Å²) in [5.74, 6) is 3.12. The molecule has 0 heterocycles. The highest BCUT2D eigenvalue weighted by atomic mass is 16.5. The smallest absolute Gasteiger partial charge is 0.330 e. The second-order valence-electron chi connectivity index (χ2n) is 5.33. The van der Waals surface area contributed by atoms with Gasteiger partial charge in [0.2, 0.25) is 0 Å². The number of ether oxygens (including phenoxy) is 1. The lowest BCUT2D eigenvalue weighted by molar-refractivity contribution is -0.146. The molecule has 0 amide bonds. The Morgan fingerprint density at radius 3 is 2.80 bits per heavy atom. The lowest BCUT2D eigenvalue weighted by Gasteiger charge is -2.30. The van der Waals surface area contributed by atoms with Crippen LogP contribution >= 0.6 is 0 Å². The molecule has 0 aromatic heterocycles. The van der Waals surface area contributed by atoms with Crippen LogP contribution in [0.4, 0.5) is 0 Å². The molecule has 3 fully saturated rings. The Balaban J connectivity index is 1.70. The lowest BCUT2D eigenvalue weighted by Crippen LogP contribution is -2.31. The second-order valence-corrected chi connectivity index (χ2v) is 5.33. The maximum Gasteiger partial charge on any atom is 0.330 e. The first-order chi connectivity index (χ1) is 7.29. The topological polar surface area (TPSA) is 26.3 Å². The van der Waals surface area contributed by atoms with Crippen molar-refractivity contribution in [3.8, 4) is 0 Å². The van der Waals surface area contributed by atoms with Crippen molar-refractivity contribution in [2.75, 3.05) is 0 Å². The molecule has 82 valence electrons. The van der Waals surface area contributed by atoms with Crippen LogP contribution in [0.1, 0.15) is 32.1 Å². The quantitative estimate of drug-likeness (QED) is 0.512. The van der Waals surface area contributed by atoms with E-state index in [4.69, 9.17) is 4.74 Å². The molecule has 5 atom stereocenters. The number of carbonyl (C=O) groups is 1. The molecule has 0 saturated heterocycles. The zero-order chi connectivity index (χ0) is 10.4. The predicted octanol–water partition coefficient (Wildman–Crippen LogP) is 2.54. The highest BCUT2D eigenvalue weighted by molar-refractivity contribution is 5.81. The van der Waals surface area contributed by atoms with Crippen LogP contribution in [0.2, 0.25) is 0 Å². The zero-order valence-corrected chi connectivity index (χ0v) is 9.02. The molecule has 2 bridgehead atoms. The van der Waals surface area contributed by atoms with Gasteiger partial charge in [0, 0.05) is 6.08 Å². The molecule has 3 saturated carbocycles. The summed E-state index contributed by atoms with van der Waals surface area (Å²) in [6.07, 6.45) is 8.11. The first-order valence-electron chi connectivity index (χ1n) is 6.12. The maximum atomic E-state index is 11.2. The number of hydrogen-bond acceptors (Lipinski definition) is 2. The minimum absolute atomic E-state index is 0.208. The van der Waals surface area contributed by atoms with E-state index in [9.17, 15) is 4.79 Å². The number of hydrogen-bond donors (Lipinski definition) is 0. The fourth-order valence-electron chi connectivity index (χ4n) is 4.34. The van der Waals surface area contributed by atoms with E-state index >= 15 is 0 Å². The van der Waals surface area contributed by atoms with Crippen molar-refractivity contribution >= 4 is 5.97 Å². The fourth-order valence-corrected chi connectivity index (χ4v) is 4.34. The van der Waals surface area contributed by atoms with Gasteiger partial charge in [-0.25, -0.2) is 4.79 Å². The van der Waals surface area contributed by atoms with E-state index < -0.39 is 0 Å². The molecule has 3 aliphatic rings. The van der Waals surface area contributed by atoms with Gasteiger partial charge in [-0.1, -0.05) is 13.0 Å². The largest absolute Gasteiger partial charge is 0.459 e. The number of fused-ring (bicyclic) bond motifs is 5. The summed E-state index contributed by atoms with van der Waals surface area (Å²) in [4.78, 5) is 11.2. The predicted molar refractivity (Wildman–Crippen MR) is 57.1 cm³/mol. The molecule has 2 nitrogen and oxygen atoms in total. The van der Waals surface area contributed by atoms with E-state index in [2.05, 4.69) is 6.58 Å². The van der Waals surface area contributed by atoms with Crippen molar-refractivity contribution in [3.63, 3.8) is 0 Å². The maximum absolute atomic E-state index is 11.2. The zero-order valence-electron chi connectivity index (χ0n) is 9.02. The standard InChI is InChI=1S/C13H18O2/c1-2-13(14)15-12-7-8-6-11(12)10-5-3-4-9(8)10/h2,8-12H,1,3-7H2/t8-,9+,10+,11+,12-/m1/s1. The van der Waals surface area contributed by atoms with E-state index in [1.807, 2.05) is 0 Å². The highest BCUT2D eigenvalue weighted by Crippen LogP contribution is 2.59. The summed E-state index contributed by atoms with van der Waals surface area (Å²) in [5, 5.41) is 0. The van der Waals surface area contributed by atoms with E-state index in [1.54, 1.807) is 0 Å². The highest BCUT2D eigenvalue weighted by Gasteiger charge is 2.54. The van der Waals surface area contributed by atoms with Crippen LogP contribution in [0.5, 0.6) is 0 Å². The van der Waals surface area contributed by atoms with E-state index in [1.165, 1.54) is 31.8 Å². The minimum atomic E-state index is -0.234. The van der Waals surface area contributed by atoms with E-state index in [0.29, 0.717) is 5.92 Å². The molecule has 0 aromatic rings. The van der Waals surface area contributed by atoms with Gasteiger partial charge >= 0.3 is 5.97 Å². The van der Waals surface area contributed by atoms with Gasteiger partial charge in [0.15, 0.2) is 0 Å². The molecule has 0 aliphatic heterocycles. The van der Waals surface area contributed by atoms with Gasteiger partial charge in [-0.2, -0.15) is 0 Å². The lowest BCUT2D eigenvalue weighted by atomic mass is 9.80. The third-order valence-corrected chi connectivity index (χ3v) is 4.80. The van der Waals surface area contributed by atoms with Crippen molar-refractivity contribution in [2.45, 2.75) is 38.2 Å². The van der Waals surface area contributed by atoms with Crippen LogP contribution in [0.25, 0.3) is 0 Å². The van der Waals surface area contributed by atoms with Crippen molar-refractivity contribution in [1.82, 2.24) is 0 Å². The molecule has 0 radical (unpaired) electrons. The Hall–Kier alpha value is -0.790. The van der Waals surface area contributed by atoms with Gasteiger partial charge in [0.1, 0.15) is 6.10 Å². The number of esters is 1. The summed E-state index contributed by atoms with van der Waals surface area (Å²) in [5.41, 5.74) is 0. The molecular formula is C13H18O2. The third-order valence-electron chi connectivity index (χ3n) is 4.80. The van der Waals surface area contributed by atoms with Gasteiger partial charge in [-0.3, -0.25) is 0 Å². The van der Waals surface area contributed by atoms with Crippen molar-refractivity contribution in [3.05, 3.63) is 12.7 Å². The van der Waals surface area contributed by atoms with Gasteiger partial charge in [0.05, 0.1) is 0 Å². The van der Waals surface area contributed by atoms with Crippen molar-refractivity contribution in [1.29, 1.82) is 0 Å². The Morgan fingerprint density at radius 2 is 2.00 bits per heavy atom. The molecule has 2 heteroatoms. The Morgan fingerprint density at radius 1 is 1.20 bits per heavy atom. The van der Waals surface area contributed by atoms with Gasteiger partial charge in [-0.05, 0) is 49.4 Å². The molecule has 3 rings (SSSR count). The first-order valence-corrected chi connectivity index (χ1v) is 6.12. The normalized spacial score (nSPS) is 46.5. The summed E-state index contributed by atoms with van der Waals surface area (Å²) in [7, 11) is 0. The second kappa shape index (κ2) is 3.36. The molecule has 0 aromatic carbocycles. The number of rotatable bonds is 2. The minimum Gasteiger partial charge on any atom is -0.459 e. The van der Waals surface area contributed by atoms with Crippen LogP contribution in [0, 0.1) is 23.7 Å². The summed E-state index contributed by atoms with van der Waals surface area (Å²) in [6.45, 7) is 3.46. The molecule has 3 aliphatic carbocycles. The molecule has 0 spiro atoms. The average Bonchev–Trinajstić information content (AvgIpc) is 2.87. The van der Waals surface area contributed by atoms with E-state index in [-0.39, 0.29) is 12.1 Å². The van der Waals surface area contributed by atoms with Gasteiger partial charge in [-0.15, -0.1) is 0 Å². The number of carbonyl (C=O) groups excluding carboxylic acids is 1.